The van der Waals surface area contributed by atoms with E-state index in [4.69, 9.17) is 15.0 Å². The van der Waals surface area contributed by atoms with E-state index >= 15 is 0 Å². The number of benzene rings is 3. The number of hydrogen-bond donors (Lipinski definition) is 1. The van der Waals surface area contributed by atoms with E-state index in [1.165, 1.54) is 20.2 Å². The zero-order chi connectivity index (χ0) is 29.4. The molecular formula is C33H29N5O4. The molecule has 0 aliphatic carbocycles. The molecule has 42 heavy (non-hydrogen) atoms. The van der Waals surface area contributed by atoms with Crippen molar-refractivity contribution in [1.82, 2.24) is 14.5 Å². The molecule has 2 aliphatic heterocycles. The van der Waals surface area contributed by atoms with Crippen LogP contribution in [0, 0.1) is 0 Å². The van der Waals surface area contributed by atoms with E-state index in [2.05, 4.69) is 0 Å². The number of likely N-dealkylation sites (tertiary alicyclic amines) is 1. The predicted molar refractivity (Wildman–Crippen MR) is 158 cm³/mol. The van der Waals surface area contributed by atoms with Gasteiger partial charge in [0.25, 0.3) is 0 Å². The first-order valence-electron chi connectivity index (χ1n) is 13.7. The molecule has 210 valence electrons. The number of rotatable bonds is 8. The van der Waals surface area contributed by atoms with Crippen molar-refractivity contribution in [2.24, 2.45) is 9.98 Å². The summed E-state index contributed by atoms with van der Waals surface area (Å²) in [5.74, 6) is 0.999. The summed E-state index contributed by atoms with van der Waals surface area (Å²) in [6.45, 7) is 3.70. The fourth-order valence-electron chi connectivity index (χ4n) is 5.68. The van der Waals surface area contributed by atoms with Gasteiger partial charge in [0.15, 0.2) is 17.4 Å². The van der Waals surface area contributed by atoms with Gasteiger partial charge < -0.3 is 9.67 Å². The van der Waals surface area contributed by atoms with Gasteiger partial charge in [0.05, 0.1) is 26.0 Å². The Bertz CT molecular complexity index is 1750. The van der Waals surface area contributed by atoms with Gasteiger partial charge in [0.2, 0.25) is 5.91 Å². The molecule has 9 heteroatoms. The predicted octanol–water partition coefficient (Wildman–Crippen LogP) is 4.62. The minimum absolute atomic E-state index is 0.00624. The minimum Gasteiger partial charge on any atom is -0.392 e. The summed E-state index contributed by atoms with van der Waals surface area (Å²) in [5, 5.41) is 9.66. The lowest BCUT2D eigenvalue weighted by molar-refractivity contribution is -0.126. The second kappa shape index (κ2) is 10.8. The summed E-state index contributed by atoms with van der Waals surface area (Å²) in [7, 11) is 0. The highest BCUT2D eigenvalue weighted by Crippen LogP contribution is 2.47. The van der Waals surface area contributed by atoms with Gasteiger partial charge in [-0.25, -0.2) is 15.0 Å². The Morgan fingerprint density at radius 1 is 0.833 bits per heavy atom. The third-order valence-corrected chi connectivity index (χ3v) is 7.97. The van der Waals surface area contributed by atoms with Crippen LogP contribution in [0.5, 0.6) is 0 Å². The Morgan fingerprint density at radius 2 is 1.40 bits per heavy atom. The SMILES string of the molecule is CC(=O)c1ccc(CN2C(=O)CC3(c4ccc(CO)cc4)C2=NC=Nc2c3ncn2Cc2ccc(C(C)=O)cc2)cc1. The first-order valence-corrected chi connectivity index (χ1v) is 13.7. The number of imidazole rings is 1. The summed E-state index contributed by atoms with van der Waals surface area (Å²) in [5.41, 5.74) is 4.28. The monoisotopic (exact) mass is 559 g/mol. The van der Waals surface area contributed by atoms with E-state index in [0.717, 1.165) is 22.3 Å². The molecule has 0 radical (unpaired) electrons. The van der Waals surface area contributed by atoms with Crippen LogP contribution in [0.2, 0.25) is 0 Å². The van der Waals surface area contributed by atoms with Gasteiger partial charge >= 0.3 is 0 Å². The number of aliphatic hydroxyl groups excluding tert-OH is 1. The van der Waals surface area contributed by atoms with E-state index in [0.29, 0.717) is 35.0 Å². The summed E-state index contributed by atoms with van der Waals surface area (Å²) in [4.78, 5) is 53.2. The number of Topliss-reactive ketones (excluding diaryl/α,β-unsaturated/α-hetero) is 2. The van der Waals surface area contributed by atoms with E-state index in [9.17, 15) is 19.5 Å². The Morgan fingerprint density at radius 3 is 1.98 bits per heavy atom. The third-order valence-electron chi connectivity index (χ3n) is 7.97. The number of amidine groups is 1. The molecule has 1 fully saturated rings. The maximum absolute atomic E-state index is 13.8. The number of nitrogens with zero attached hydrogens (tertiary/aromatic N) is 5. The van der Waals surface area contributed by atoms with Crippen molar-refractivity contribution >= 4 is 35.5 Å². The van der Waals surface area contributed by atoms with E-state index in [1.54, 1.807) is 35.5 Å². The van der Waals surface area contributed by atoms with Gasteiger partial charge in [0, 0.05) is 17.5 Å². The number of hydrogen-bond acceptors (Lipinski definition) is 7. The quantitative estimate of drug-likeness (QED) is 0.316. The average molecular weight is 560 g/mol. The molecular weight excluding hydrogens is 530 g/mol. The van der Waals surface area contributed by atoms with Crippen LogP contribution in [-0.4, -0.2) is 49.2 Å². The number of ketones is 2. The van der Waals surface area contributed by atoms with Gasteiger partial charge in [0.1, 0.15) is 23.3 Å². The van der Waals surface area contributed by atoms with Gasteiger partial charge in [-0.15, -0.1) is 0 Å². The maximum Gasteiger partial charge on any atom is 0.230 e. The molecule has 1 amide bonds. The standard InChI is InChI=1S/C33H29N5O4/c1-21(40)26-9-3-23(4-10-26)16-37-20-36-30-31(37)34-19-35-32-33(30,28-13-7-25(18-39)8-14-28)15-29(42)38(32)17-24-5-11-27(12-6-24)22(2)41/h3-14,19-20,39H,15-18H2,1-2H3. The van der Waals surface area contributed by atoms with Crippen LogP contribution >= 0.6 is 0 Å². The molecule has 1 aromatic heterocycles. The molecule has 9 nitrogen and oxygen atoms in total. The van der Waals surface area contributed by atoms with E-state index in [1.807, 2.05) is 53.1 Å². The third kappa shape index (κ3) is 4.67. The summed E-state index contributed by atoms with van der Waals surface area (Å²) < 4.78 is 1.92. The molecule has 1 atom stereocenters. The number of aliphatic imine (C=N–C) groups is 2. The number of aliphatic hydroxyl groups is 1. The van der Waals surface area contributed by atoms with E-state index in [-0.39, 0.29) is 37.0 Å². The number of amides is 1. The Kier molecular flexibility index (Phi) is 6.96. The van der Waals surface area contributed by atoms with Crippen molar-refractivity contribution in [3.8, 4) is 0 Å². The van der Waals surface area contributed by atoms with Crippen molar-refractivity contribution in [3.05, 3.63) is 118 Å². The Balaban J connectivity index is 1.43. The lowest BCUT2D eigenvalue weighted by Crippen LogP contribution is -2.39. The molecule has 1 saturated heterocycles. The van der Waals surface area contributed by atoms with E-state index < -0.39 is 5.41 Å². The molecule has 1 N–H and O–H groups in total. The minimum atomic E-state index is -1.00. The number of carbonyl (C=O) groups is 3. The van der Waals surface area contributed by atoms with Gasteiger partial charge in [-0.05, 0) is 36.1 Å². The molecule has 3 heterocycles. The molecule has 3 aromatic carbocycles. The van der Waals surface area contributed by atoms with Crippen molar-refractivity contribution in [2.75, 3.05) is 0 Å². The number of aromatic nitrogens is 2. The van der Waals surface area contributed by atoms with Gasteiger partial charge in [-0.3, -0.25) is 19.3 Å². The fraction of sp³-hybridized carbons (Fsp3) is 0.212. The lowest BCUT2D eigenvalue weighted by Gasteiger charge is -2.29. The Hall–Kier alpha value is -5.02. The summed E-state index contributed by atoms with van der Waals surface area (Å²) >= 11 is 0. The fourth-order valence-corrected chi connectivity index (χ4v) is 5.68. The van der Waals surface area contributed by atoms with Gasteiger partial charge in [-0.2, -0.15) is 0 Å². The normalized spacial score (nSPS) is 17.5. The molecule has 6 rings (SSSR count). The molecule has 2 aliphatic rings. The van der Waals surface area contributed by atoms with Crippen LogP contribution in [0.3, 0.4) is 0 Å². The first kappa shape index (κ1) is 27.2. The van der Waals surface area contributed by atoms with Crippen LogP contribution < -0.4 is 0 Å². The molecule has 0 saturated carbocycles. The smallest absolute Gasteiger partial charge is 0.230 e. The van der Waals surface area contributed by atoms with Crippen molar-refractivity contribution in [1.29, 1.82) is 0 Å². The van der Waals surface area contributed by atoms with Crippen LogP contribution in [0.4, 0.5) is 5.82 Å². The van der Waals surface area contributed by atoms with Crippen LogP contribution in [0.1, 0.15) is 68.9 Å². The zero-order valence-electron chi connectivity index (χ0n) is 23.3. The second-order valence-electron chi connectivity index (χ2n) is 10.7. The van der Waals surface area contributed by atoms with Gasteiger partial charge in [-0.1, -0.05) is 72.8 Å². The second-order valence-corrected chi connectivity index (χ2v) is 10.7. The largest absolute Gasteiger partial charge is 0.392 e. The highest BCUT2D eigenvalue weighted by molar-refractivity contribution is 6.16. The molecule has 0 bridgehead atoms. The lowest BCUT2D eigenvalue weighted by atomic mass is 9.75. The topological polar surface area (TPSA) is 117 Å². The maximum atomic E-state index is 13.8. The summed E-state index contributed by atoms with van der Waals surface area (Å²) in [6.07, 6.45) is 3.30. The van der Waals surface area contributed by atoms with Crippen LogP contribution in [-0.2, 0) is 29.9 Å². The molecule has 1 unspecified atom stereocenters. The summed E-state index contributed by atoms with van der Waals surface area (Å²) in [6, 6.07) is 22.2. The number of carbonyl (C=O) groups excluding carboxylic acids is 3. The van der Waals surface area contributed by atoms with Crippen molar-refractivity contribution < 1.29 is 19.5 Å². The van der Waals surface area contributed by atoms with Crippen molar-refractivity contribution in [2.45, 2.75) is 45.4 Å². The molecule has 4 aromatic rings. The first-order chi connectivity index (χ1) is 20.3. The number of fused-ring (bicyclic) bond motifs is 3. The average Bonchev–Trinajstić information content (AvgIpc) is 3.46. The van der Waals surface area contributed by atoms with Crippen LogP contribution in [0.25, 0.3) is 0 Å². The molecule has 0 spiro atoms. The van der Waals surface area contributed by atoms with Crippen LogP contribution in [0.15, 0.2) is 89.1 Å². The Labute approximate surface area is 242 Å². The van der Waals surface area contributed by atoms with Crippen molar-refractivity contribution in [3.63, 3.8) is 0 Å². The zero-order valence-corrected chi connectivity index (χ0v) is 23.3. The highest BCUT2D eigenvalue weighted by Gasteiger charge is 2.55. The highest BCUT2D eigenvalue weighted by atomic mass is 16.3.